The minimum absolute atomic E-state index is 0.0119. The fraction of sp³-hybridized carbons (Fsp3) is 0.429. The molecule has 1 aromatic carbocycles. The zero-order valence-corrected chi connectivity index (χ0v) is 10.8. The van der Waals surface area contributed by atoms with E-state index in [1.807, 2.05) is 12.1 Å². The van der Waals surface area contributed by atoms with Gasteiger partial charge in [-0.15, -0.1) is 11.6 Å². The first-order valence-corrected chi connectivity index (χ1v) is 6.63. The van der Waals surface area contributed by atoms with Gasteiger partial charge in [0.2, 0.25) is 0 Å². The minimum Gasteiger partial charge on any atom is -0.348 e. The number of nitriles is 1. The predicted molar refractivity (Wildman–Crippen MR) is 70.2 cm³/mol. The van der Waals surface area contributed by atoms with Crippen molar-refractivity contribution in [2.24, 2.45) is 5.92 Å². The van der Waals surface area contributed by atoms with Crippen molar-refractivity contribution in [3.63, 3.8) is 0 Å². The van der Waals surface area contributed by atoms with Gasteiger partial charge in [0.05, 0.1) is 12.0 Å². The van der Waals surface area contributed by atoms with E-state index in [0.29, 0.717) is 11.4 Å². The Balaban J connectivity index is 2.05. The van der Waals surface area contributed by atoms with Crippen LogP contribution in [0.3, 0.4) is 0 Å². The quantitative estimate of drug-likeness (QED) is 0.852. The van der Waals surface area contributed by atoms with Gasteiger partial charge in [-0.1, -0.05) is 12.1 Å². The third-order valence-corrected chi connectivity index (χ3v) is 3.65. The predicted octanol–water partition coefficient (Wildman–Crippen LogP) is 2.85. The van der Waals surface area contributed by atoms with Crippen molar-refractivity contribution in [3.8, 4) is 6.07 Å². The zero-order chi connectivity index (χ0) is 13.0. The number of amides is 1. The van der Waals surface area contributed by atoms with Gasteiger partial charge in [-0.3, -0.25) is 4.79 Å². The van der Waals surface area contributed by atoms with Crippen molar-refractivity contribution in [2.45, 2.75) is 31.2 Å². The summed E-state index contributed by atoms with van der Waals surface area (Å²) in [6.45, 7) is 0. The number of hydrogen-bond acceptors (Lipinski definition) is 2. The van der Waals surface area contributed by atoms with Crippen LogP contribution in [0, 0.1) is 17.2 Å². The molecule has 1 amide bonds. The lowest BCUT2D eigenvalue weighted by Crippen LogP contribution is -2.36. The van der Waals surface area contributed by atoms with Crippen LogP contribution in [0.1, 0.15) is 35.2 Å². The van der Waals surface area contributed by atoms with Crippen LogP contribution in [0.25, 0.3) is 0 Å². The highest BCUT2D eigenvalue weighted by molar-refractivity contribution is 6.17. The summed E-state index contributed by atoms with van der Waals surface area (Å²) in [7, 11) is 0. The number of nitrogens with one attached hydrogen (secondary N) is 1. The van der Waals surface area contributed by atoms with Crippen molar-refractivity contribution in [2.75, 3.05) is 0 Å². The molecule has 2 unspecified atom stereocenters. The summed E-state index contributed by atoms with van der Waals surface area (Å²) in [5.74, 6) is 0.227. The lowest BCUT2D eigenvalue weighted by Gasteiger charge is -2.15. The number of hydrogen-bond donors (Lipinski definition) is 1. The molecule has 2 atom stereocenters. The fourth-order valence-electron chi connectivity index (χ4n) is 2.33. The van der Waals surface area contributed by atoms with E-state index in [2.05, 4.69) is 11.4 Å². The molecule has 1 N–H and O–H groups in total. The molecule has 0 heterocycles. The van der Waals surface area contributed by atoms with Crippen molar-refractivity contribution < 1.29 is 4.79 Å². The molecule has 0 radical (unpaired) electrons. The van der Waals surface area contributed by atoms with Gasteiger partial charge in [0, 0.05) is 17.5 Å². The minimum atomic E-state index is -0.117. The second-order valence-electron chi connectivity index (χ2n) is 4.58. The van der Waals surface area contributed by atoms with E-state index in [0.717, 1.165) is 24.8 Å². The Hall–Kier alpha value is -1.53. The maximum absolute atomic E-state index is 12.1. The first-order valence-electron chi connectivity index (χ1n) is 6.10. The number of alkyl halides is 1. The van der Waals surface area contributed by atoms with Gasteiger partial charge in [-0.2, -0.15) is 5.26 Å². The normalized spacial score (nSPS) is 22.4. The molecule has 1 aliphatic rings. The Morgan fingerprint density at radius 1 is 1.50 bits per heavy atom. The molecule has 4 heteroatoms. The molecular weight excluding hydrogens is 248 g/mol. The number of halogens is 1. The molecule has 1 fully saturated rings. The first-order chi connectivity index (χ1) is 8.74. The van der Waals surface area contributed by atoms with E-state index in [1.54, 1.807) is 12.1 Å². The zero-order valence-electron chi connectivity index (χ0n) is 10.0. The van der Waals surface area contributed by atoms with Gasteiger partial charge < -0.3 is 5.32 Å². The van der Waals surface area contributed by atoms with Crippen molar-refractivity contribution in [3.05, 3.63) is 35.4 Å². The lowest BCUT2D eigenvalue weighted by molar-refractivity contribution is 0.0933. The molecule has 1 aromatic rings. The molecule has 0 aromatic heterocycles. The smallest absolute Gasteiger partial charge is 0.251 e. The van der Waals surface area contributed by atoms with Crippen LogP contribution >= 0.6 is 11.6 Å². The summed E-state index contributed by atoms with van der Waals surface area (Å²) < 4.78 is 0. The van der Waals surface area contributed by atoms with Gasteiger partial charge in [0.15, 0.2) is 0 Å². The number of nitrogens with zero attached hydrogens (tertiary/aromatic N) is 1. The summed E-state index contributed by atoms with van der Waals surface area (Å²) >= 11 is 5.74. The van der Waals surface area contributed by atoms with Gasteiger partial charge in [-0.25, -0.2) is 0 Å². The standard InChI is InChI=1S/C14H15ClN2O/c15-8-10-3-1-4-11(7-10)14(18)17-13-6-2-5-12(13)9-16/h1,3-4,7,12-13H,2,5-6,8H2,(H,17,18). The Morgan fingerprint density at radius 3 is 3.06 bits per heavy atom. The van der Waals surface area contributed by atoms with E-state index < -0.39 is 0 Å². The molecule has 0 saturated heterocycles. The van der Waals surface area contributed by atoms with Crippen LogP contribution in [0.5, 0.6) is 0 Å². The highest BCUT2D eigenvalue weighted by atomic mass is 35.5. The second kappa shape index (κ2) is 5.88. The number of benzene rings is 1. The van der Waals surface area contributed by atoms with Crippen molar-refractivity contribution in [1.29, 1.82) is 5.26 Å². The molecule has 0 aliphatic heterocycles. The van der Waals surface area contributed by atoms with Gasteiger partial charge in [0.1, 0.15) is 0 Å². The largest absolute Gasteiger partial charge is 0.348 e. The van der Waals surface area contributed by atoms with E-state index in [-0.39, 0.29) is 17.9 Å². The van der Waals surface area contributed by atoms with Gasteiger partial charge in [-0.05, 0) is 37.0 Å². The fourth-order valence-corrected chi connectivity index (χ4v) is 2.50. The average molecular weight is 263 g/mol. The van der Waals surface area contributed by atoms with E-state index in [1.165, 1.54) is 0 Å². The van der Waals surface area contributed by atoms with Crippen LogP contribution in [0.2, 0.25) is 0 Å². The summed E-state index contributed by atoms with van der Waals surface area (Å²) in [4.78, 5) is 12.1. The molecule has 1 saturated carbocycles. The Bertz CT molecular complexity index is 481. The Labute approximate surface area is 112 Å². The second-order valence-corrected chi connectivity index (χ2v) is 4.85. The van der Waals surface area contributed by atoms with E-state index in [4.69, 9.17) is 16.9 Å². The Morgan fingerprint density at radius 2 is 2.33 bits per heavy atom. The topological polar surface area (TPSA) is 52.9 Å². The first kappa shape index (κ1) is 12.9. The molecule has 18 heavy (non-hydrogen) atoms. The summed E-state index contributed by atoms with van der Waals surface area (Å²) in [6.07, 6.45) is 2.77. The molecule has 1 aliphatic carbocycles. The van der Waals surface area contributed by atoms with Crippen LogP contribution in [0.15, 0.2) is 24.3 Å². The number of carbonyl (C=O) groups is 1. The molecular formula is C14H15ClN2O. The molecule has 2 rings (SSSR count). The highest BCUT2D eigenvalue weighted by Crippen LogP contribution is 2.25. The third kappa shape index (κ3) is 2.83. The maximum Gasteiger partial charge on any atom is 0.251 e. The SMILES string of the molecule is N#CC1CCCC1NC(=O)c1cccc(CCl)c1. The molecule has 94 valence electrons. The average Bonchev–Trinajstić information content (AvgIpc) is 2.86. The van der Waals surface area contributed by atoms with Gasteiger partial charge in [0.25, 0.3) is 5.91 Å². The van der Waals surface area contributed by atoms with Crippen LogP contribution in [-0.2, 0) is 5.88 Å². The third-order valence-electron chi connectivity index (χ3n) is 3.34. The Kier molecular flexibility index (Phi) is 4.22. The number of carbonyl (C=O) groups excluding carboxylic acids is 1. The maximum atomic E-state index is 12.1. The van der Waals surface area contributed by atoms with Crippen molar-refractivity contribution >= 4 is 17.5 Å². The van der Waals surface area contributed by atoms with Crippen LogP contribution in [-0.4, -0.2) is 11.9 Å². The van der Waals surface area contributed by atoms with E-state index >= 15 is 0 Å². The summed E-state index contributed by atoms with van der Waals surface area (Å²) in [5, 5.41) is 11.9. The van der Waals surface area contributed by atoms with E-state index in [9.17, 15) is 4.79 Å². The summed E-state index contributed by atoms with van der Waals surface area (Å²) in [6, 6.07) is 9.51. The van der Waals surface area contributed by atoms with Crippen LogP contribution in [0.4, 0.5) is 0 Å². The summed E-state index contributed by atoms with van der Waals surface area (Å²) in [5.41, 5.74) is 1.53. The van der Waals surface area contributed by atoms with Crippen LogP contribution < -0.4 is 5.32 Å². The molecule has 0 spiro atoms. The van der Waals surface area contributed by atoms with Crippen molar-refractivity contribution in [1.82, 2.24) is 5.32 Å². The van der Waals surface area contributed by atoms with Gasteiger partial charge >= 0.3 is 0 Å². The lowest BCUT2D eigenvalue weighted by atomic mass is 10.0. The molecule has 0 bridgehead atoms. The number of rotatable bonds is 3. The monoisotopic (exact) mass is 262 g/mol. The molecule has 3 nitrogen and oxygen atoms in total. The highest BCUT2D eigenvalue weighted by Gasteiger charge is 2.28.